The van der Waals surface area contributed by atoms with Gasteiger partial charge in [-0.15, -0.1) is 0 Å². The zero-order chi connectivity index (χ0) is 20.6. The summed E-state index contributed by atoms with van der Waals surface area (Å²) in [4.78, 5) is 53.8. The molecule has 0 aliphatic heterocycles. The van der Waals surface area contributed by atoms with Crippen LogP contribution in [0.3, 0.4) is 0 Å². The van der Waals surface area contributed by atoms with Gasteiger partial charge in [0.2, 0.25) is 0 Å². The molecule has 0 unspecified atom stereocenters. The number of hydrogen-bond donors (Lipinski definition) is 1. The van der Waals surface area contributed by atoms with Gasteiger partial charge in [-0.1, -0.05) is 12.1 Å². The molecule has 0 saturated carbocycles. The van der Waals surface area contributed by atoms with Gasteiger partial charge in [0, 0.05) is 20.3 Å². The van der Waals surface area contributed by atoms with Crippen molar-refractivity contribution < 1.29 is 14.3 Å². The molecule has 0 saturated heterocycles. The second-order valence-corrected chi connectivity index (χ2v) is 6.21. The van der Waals surface area contributed by atoms with Gasteiger partial charge < -0.3 is 10.1 Å². The molecule has 28 heavy (non-hydrogen) atoms. The van der Waals surface area contributed by atoms with E-state index in [1.807, 2.05) is 0 Å². The number of carbonyl (C=O) groups is 2. The first kappa shape index (κ1) is 19.0. The Morgan fingerprint density at radius 2 is 1.71 bits per heavy atom. The molecule has 0 aliphatic rings. The Kier molecular flexibility index (Phi) is 4.83. The van der Waals surface area contributed by atoms with E-state index in [-0.39, 0.29) is 27.8 Å². The van der Waals surface area contributed by atoms with E-state index in [1.54, 1.807) is 19.1 Å². The van der Waals surface area contributed by atoms with Gasteiger partial charge in [-0.3, -0.25) is 18.7 Å². The number of nitrogens with one attached hydrogen (secondary N) is 1. The van der Waals surface area contributed by atoms with Crippen LogP contribution in [0.15, 0.2) is 40.1 Å². The number of esters is 1. The lowest BCUT2D eigenvalue weighted by Crippen LogP contribution is -2.38. The summed E-state index contributed by atoms with van der Waals surface area (Å²) in [5.74, 6) is -1.24. The van der Waals surface area contributed by atoms with Crippen LogP contribution in [0.1, 0.15) is 26.3 Å². The minimum Gasteiger partial charge on any atom is -0.465 e. The highest BCUT2D eigenvalue weighted by Gasteiger charge is 2.21. The second kappa shape index (κ2) is 7.10. The molecule has 9 heteroatoms. The van der Waals surface area contributed by atoms with Crippen molar-refractivity contribution >= 4 is 28.6 Å². The highest BCUT2D eigenvalue weighted by Crippen LogP contribution is 2.23. The molecule has 9 nitrogen and oxygen atoms in total. The molecule has 0 atom stereocenters. The maximum Gasteiger partial charge on any atom is 0.338 e. The number of methoxy groups -OCH3 is 1. The third-order valence-electron chi connectivity index (χ3n) is 4.47. The van der Waals surface area contributed by atoms with Gasteiger partial charge in [0.15, 0.2) is 5.65 Å². The third kappa shape index (κ3) is 2.96. The Labute approximate surface area is 159 Å². The van der Waals surface area contributed by atoms with Crippen LogP contribution in [0, 0.1) is 6.92 Å². The Morgan fingerprint density at radius 1 is 1.07 bits per heavy atom. The van der Waals surface area contributed by atoms with Crippen LogP contribution in [0.2, 0.25) is 0 Å². The second-order valence-electron chi connectivity index (χ2n) is 6.21. The van der Waals surface area contributed by atoms with Gasteiger partial charge in [0.1, 0.15) is 5.39 Å². The number of amides is 1. The number of carbonyl (C=O) groups excluding carboxylic acids is 2. The van der Waals surface area contributed by atoms with Crippen LogP contribution in [-0.4, -0.2) is 33.1 Å². The molecule has 0 aliphatic carbocycles. The number of hydrogen-bond acceptors (Lipinski definition) is 6. The largest absolute Gasteiger partial charge is 0.465 e. The maximum absolute atomic E-state index is 12.9. The molecule has 0 fully saturated rings. The van der Waals surface area contributed by atoms with Crippen molar-refractivity contribution in [3.63, 3.8) is 0 Å². The summed E-state index contributed by atoms with van der Waals surface area (Å²) < 4.78 is 6.89. The van der Waals surface area contributed by atoms with Gasteiger partial charge in [0.05, 0.1) is 23.9 Å². The molecule has 1 N–H and O–H groups in total. The molecule has 3 aromatic rings. The zero-order valence-electron chi connectivity index (χ0n) is 15.8. The predicted octanol–water partition coefficient (Wildman–Crippen LogP) is 0.980. The van der Waals surface area contributed by atoms with E-state index in [1.165, 1.54) is 44.1 Å². The minimum atomic E-state index is -0.652. The van der Waals surface area contributed by atoms with Crippen molar-refractivity contribution in [2.75, 3.05) is 12.4 Å². The number of anilines is 1. The van der Waals surface area contributed by atoms with Gasteiger partial charge in [-0.05, 0) is 24.6 Å². The van der Waals surface area contributed by atoms with E-state index in [0.29, 0.717) is 5.56 Å². The van der Waals surface area contributed by atoms with Crippen LogP contribution in [0.5, 0.6) is 0 Å². The van der Waals surface area contributed by atoms with Crippen molar-refractivity contribution in [1.29, 1.82) is 0 Å². The van der Waals surface area contributed by atoms with Crippen molar-refractivity contribution in [3.8, 4) is 0 Å². The smallest absolute Gasteiger partial charge is 0.338 e. The molecule has 2 aromatic heterocycles. The summed E-state index contributed by atoms with van der Waals surface area (Å²) in [6.07, 6.45) is 1.46. The lowest BCUT2D eigenvalue weighted by atomic mass is 10.1. The Balaban J connectivity index is 2.21. The Bertz CT molecular complexity index is 1240. The fraction of sp³-hybridized carbons (Fsp3) is 0.211. The Morgan fingerprint density at radius 3 is 2.36 bits per heavy atom. The van der Waals surface area contributed by atoms with Crippen molar-refractivity contribution in [2.24, 2.45) is 14.1 Å². The summed E-state index contributed by atoms with van der Waals surface area (Å²) >= 11 is 0. The topological polar surface area (TPSA) is 112 Å². The van der Waals surface area contributed by atoms with Gasteiger partial charge in [-0.2, -0.15) is 0 Å². The summed E-state index contributed by atoms with van der Waals surface area (Å²) in [5, 5.41) is 2.79. The SMILES string of the molecule is COC(=O)c1ccccc1C(=O)Nc1c(C)cnc2c1c(=O)n(C)c(=O)n2C. The molecular weight excluding hydrogens is 364 g/mol. The van der Waals surface area contributed by atoms with E-state index in [9.17, 15) is 19.2 Å². The average molecular weight is 382 g/mol. The fourth-order valence-corrected chi connectivity index (χ4v) is 2.93. The maximum atomic E-state index is 12.9. The summed E-state index contributed by atoms with van der Waals surface area (Å²) in [5.41, 5.74) is 0.000429. The Hall–Kier alpha value is -3.75. The van der Waals surface area contributed by atoms with Crippen LogP contribution >= 0.6 is 0 Å². The lowest BCUT2D eigenvalue weighted by molar-refractivity contribution is 0.0597. The number of rotatable bonds is 3. The van der Waals surface area contributed by atoms with E-state index < -0.39 is 23.1 Å². The molecular formula is C19H18N4O5. The number of nitrogens with zero attached hydrogens (tertiary/aromatic N) is 3. The summed E-state index contributed by atoms with van der Waals surface area (Å²) in [6, 6.07) is 6.18. The summed E-state index contributed by atoms with van der Waals surface area (Å²) in [6.45, 7) is 1.68. The fourth-order valence-electron chi connectivity index (χ4n) is 2.93. The standard InChI is InChI=1S/C19H18N4O5/c1-10-9-20-15-13(17(25)23(3)19(27)22(15)2)14(10)21-16(24)11-7-5-6-8-12(11)18(26)28-4/h5-9H,1-4H3,(H,20,21,24). The normalized spacial score (nSPS) is 10.7. The van der Waals surface area contributed by atoms with Crippen molar-refractivity contribution in [2.45, 2.75) is 6.92 Å². The molecule has 2 heterocycles. The molecule has 1 aromatic carbocycles. The highest BCUT2D eigenvalue weighted by molar-refractivity contribution is 6.13. The number of aryl methyl sites for hydroxylation is 2. The monoisotopic (exact) mass is 382 g/mol. The molecule has 1 amide bonds. The van der Waals surface area contributed by atoms with Crippen LogP contribution in [0.4, 0.5) is 5.69 Å². The summed E-state index contributed by atoms with van der Waals surface area (Å²) in [7, 11) is 4.07. The van der Waals surface area contributed by atoms with Crippen LogP contribution in [0.25, 0.3) is 11.0 Å². The predicted molar refractivity (Wildman–Crippen MR) is 103 cm³/mol. The number of pyridine rings is 1. The average Bonchev–Trinajstić information content (AvgIpc) is 2.71. The number of ether oxygens (including phenoxy) is 1. The molecule has 0 bridgehead atoms. The number of fused-ring (bicyclic) bond motifs is 1. The van der Waals surface area contributed by atoms with E-state index in [2.05, 4.69) is 10.3 Å². The van der Waals surface area contributed by atoms with Crippen molar-refractivity contribution in [1.82, 2.24) is 14.1 Å². The van der Waals surface area contributed by atoms with Gasteiger partial charge >= 0.3 is 11.7 Å². The third-order valence-corrected chi connectivity index (χ3v) is 4.47. The number of aromatic nitrogens is 3. The molecule has 0 spiro atoms. The van der Waals surface area contributed by atoms with E-state index in [4.69, 9.17) is 4.74 Å². The first-order valence-corrected chi connectivity index (χ1v) is 8.32. The number of benzene rings is 1. The van der Waals surface area contributed by atoms with Gasteiger partial charge in [-0.25, -0.2) is 14.6 Å². The molecule has 0 radical (unpaired) electrons. The lowest BCUT2D eigenvalue weighted by Gasteiger charge is -2.14. The van der Waals surface area contributed by atoms with Crippen LogP contribution in [-0.2, 0) is 18.8 Å². The van der Waals surface area contributed by atoms with E-state index in [0.717, 1.165) is 4.57 Å². The van der Waals surface area contributed by atoms with E-state index >= 15 is 0 Å². The molecule has 3 rings (SSSR count). The minimum absolute atomic E-state index is 0.0961. The van der Waals surface area contributed by atoms with Crippen molar-refractivity contribution in [3.05, 3.63) is 68.0 Å². The quantitative estimate of drug-likeness (QED) is 0.676. The zero-order valence-corrected chi connectivity index (χ0v) is 15.8. The molecule has 144 valence electrons. The highest BCUT2D eigenvalue weighted by atomic mass is 16.5. The van der Waals surface area contributed by atoms with Gasteiger partial charge in [0.25, 0.3) is 11.5 Å². The first-order chi connectivity index (χ1) is 13.3. The van der Waals surface area contributed by atoms with Crippen LogP contribution < -0.4 is 16.6 Å². The first-order valence-electron chi connectivity index (χ1n) is 8.32.